The second kappa shape index (κ2) is 11.9. The fourth-order valence-corrected chi connectivity index (χ4v) is 3.50. The highest BCUT2D eigenvalue weighted by Gasteiger charge is 2.24. The Morgan fingerprint density at radius 2 is 1.78 bits per heavy atom. The zero-order valence-corrected chi connectivity index (χ0v) is 20.4. The van der Waals surface area contributed by atoms with Crippen LogP contribution in [0.4, 0.5) is 17.1 Å². The van der Waals surface area contributed by atoms with Gasteiger partial charge in [-0.25, -0.2) is 0 Å². The van der Waals surface area contributed by atoms with Gasteiger partial charge in [0, 0.05) is 6.07 Å². The fourth-order valence-electron chi connectivity index (χ4n) is 3.06. The van der Waals surface area contributed by atoms with Crippen molar-refractivity contribution in [2.24, 2.45) is 0 Å². The van der Waals surface area contributed by atoms with Crippen LogP contribution in [0.1, 0.15) is 12.5 Å². The second-order valence-corrected chi connectivity index (χ2v) is 7.95. The van der Waals surface area contributed by atoms with E-state index in [-0.39, 0.29) is 39.5 Å². The van der Waals surface area contributed by atoms with Crippen molar-refractivity contribution < 1.29 is 24.1 Å². The van der Waals surface area contributed by atoms with Crippen LogP contribution in [0.15, 0.2) is 60.2 Å². The maximum Gasteiger partial charge on any atom is 0.318 e. The van der Waals surface area contributed by atoms with Crippen LogP contribution in [-0.4, -0.2) is 22.4 Å². The van der Waals surface area contributed by atoms with E-state index >= 15 is 0 Å². The maximum absolute atomic E-state index is 12.6. The molecule has 0 heterocycles. The number of benzene rings is 3. The highest BCUT2D eigenvalue weighted by molar-refractivity contribution is 6.34. The van der Waals surface area contributed by atoms with E-state index in [1.807, 2.05) is 6.07 Å². The molecular weight excluding hydrogens is 527 g/mol. The minimum Gasteiger partial charge on any atom is -0.490 e. The summed E-state index contributed by atoms with van der Waals surface area (Å²) in [6.07, 6.45) is 1.26. The number of carbonyl (C=O) groups is 1. The topological polar surface area (TPSA) is 158 Å². The van der Waals surface area contributed by atoms with Crippen LogP contribution in [0.2, 0.25) is 10.0 Å². The van der Waals surface area contributed by atoms with Crippen LogP contribution in [0, 0.1) is 31.6 Å². The summed E-state index contributed by atoms with van der Waals surface area (Å²) in [6, 6.07) is 14.0. The molecule has 3 rings (SSSR count). The number of nitro benzene ring substituents is 2. The number of anilines is 1. The first kappa shape index (κ1) is 26.9. The molecule has 0 aliphatic carbocycles. The normalized spacial score (nSPS) is 10.8. The van der Waals surface area contributed by atoms with Crippen molar-refractivity contribution in [2.45, 2.75) is 6.92 Å². The Morgan fingerprint density at radius 3 is 2.41 bits per heavy atom. The third-order valence-corrected chi connectivity index (χ3v) is 5.30. The van der Waals surface area contributed by atoms with Crippen LogP contribution in [-0.2, 0) is 4.79 Å². The number of rotatable bonds is 9. The molecule has 1 N–H and O–H groups in total. The number of carbonyl (C=O) groups excluding carboxylic acids is 1. The van der Waals surface area contributed by atoms with Gasteiger partial charge in [-0.05, 0) is 48.9 Å². The summed E-state index contributed by atoms with van der Waals surface area (Å²) in [7, 11) is 0. The van der Waals surface area contributed by atoms with Gasteiger partial charge >= 0.3 is 5.69 Å². The van der Waals surface area contributed by atoms with Gasteiger partial charge in [0.2, 0.25) is 5.75 Å². The molecule has 37 heavy (non-hydrogen) atoms. The quantitative estimate of drug-likeness (QED) is 0.138. The molecule has 0 bridgehead atoms. The molecule has 0 aliphatic rings. The smallest absolute Gasteiger partial charge is 0.318 e. The highest BCUT2D eigenvalue weighted by atomic mass is 35.5. The predicted molar refractivity (Wildman–Crippen MR) is 136 cm³/mol. The average molecular weight is 543 g/mol. The molecule has 0 aromatic heterocycles. The summed E-state index contributed by atoms with van der Waals surface area (Å²) >= 11 is 12.4. The largest absolute Gasteiger partial charge is 0.490 e. The monoisotopic (exact) mass is 542 g/mol. The number of nitrogens with zero attached hydrogens (tertiary/aromatic N) is 3. The first-order chi connectivity index (χ1) is 17.6. The van der Waals surface area contributed by atoms with Gasteiger partial charge in [-0.3, -0.25) is 25.0 Å². The lowest BCUT2D eigenvalue weighted by Crippen LogP contribution is -2.13. The molecule has 11 nitrogen and oxygen atoms in total. The number of hydrogen-bond acceptors (Lipinski definition) is 8. The molecular formula is C24H16Cl2N4O7. The Bertz CT molecular complexity index is 1470. The van der Waals surface area contributed by atoms with E-state index in [9.17, 15) is 30.3 Å². The van der Waals surface area contributed by atoms with E-state index < -0.39 is 27.1 Å². The van der Waals surface area contributed by atoms with Gasteiger partial charge in [0.1, 0.15) is 11.6 Å². The van der Waals surface area contributed by atoms with Gasteiger partial charge in [0.15, 0.2) is 11.5 Å². The number of ether oxygens (including phenoxy) is 2. The summed E-state index contributed by atoms with van der Waals surface area (Å²) in [5, 5.41) is 34.8. The average Bonchev–Trinajstić information content (AvgIpc) is 2.86. The number of para-hydroxylation sites is 1. The standard InChI is InChI=1S/C24H16Cl2N4O7/c1-2-36-22-11-14(9-15(13-27)24(31)28-19-6-4-3-5-17(19)25)10-18(26)23(22)37-21-8-7-16(29(32)33)12-20(21)30(34)35/h3-12H,2H2,1H3,(H,28,31)/b15-9+. The molecule has 0 spiro atoms. The van der Waals surface area contributed by atoms with Crippen molar-refractivity contribution in [3.8, 4) is 23.3 Å². The van der Waals surface area contributed by atoms with Crippen LogP contribution < -0.4 is 14.8 Å². The van der Waals surface area contributed by atoms with Gasteiger partial charge in [-0.2, -0.15) is 5.26 Å². The Labute approximate surface area is 219 Å². The van der Waals surface area contributed by atoms with E-state index in [1.165, 1.54) is 18.2 Å². The molecule has 3 aromatic carbocycles. The second-order valence-electron chi connectivity index (χ2n) is 7.14. The number of nitrogens with one attached hydrogen (secondary N) is 1. The van der Waals surface area contributed by atoms with Gasteiger partial charge in [-0.15, -0.1) is 0 Å². The van der Waals surface area contributed by atoms with Crippen molar-refractivity contribution in [2.75, 3.05) is 11.9 Å². The molecule has 0 fully saturated rings. The lowest BCUT2D eigenvalue weighted by molar-refractivity contribution is -0.394. The molecule has 188 valence electrons. The Kier molecular flexibility index (Phi) is 8.63. The minimum absolute atomic E-state index is 0.0534. The molecule has 3 aromatic rings. The molecule has 0 saturated carbocycles. The third kappa shape index (κ3) is 6.52. The molecule has 0 aliphatic heterocycles. The SMILES string of the molecule is CCOc1cc(/C=C(\C#N)C(=O)Nc2ccccc2Cl)cc(Cl)c1Oc1ccc([N+](=O)[O-])cc1[N+](=O)[O-]. The van der Waals surface area contributed by atoms with Crippen molar-refractivity contribution in [3.63, 3.8) is 0 Å². The molecule has 13 heteroatoms. The van der Waals surface area contributed by atoms with Gasteiger partial charge in [0.05, 0.1) is 38.3 Å². The maximum atomic E-state index is 12.6. The summed E-state index contributed by atoms with van der Waals surface area (Å²) in [5.74, 6) is -1.07. The fraction of sp³-hybridized carbons (Fsp3) is 0.0833. The predicted octanol–water partition coefficient (Wildman–Crippen LogP) is 6.55. The van der Waals surface area contributed by atoms with E-state index in [4.69, 9.17) is 32.7 Å². The van der Waals surface area contributed by atoms with Crippen molar-refractivity contribution >= 4 is 52.2 Å². The minimum atomic E-state index is -0.829. The van der Waals surface area contributed by atoms with Crippen molar-refractivity contribution in [1.29, 1.82) is 5.26 Å². The highest BCUT2D eigenvalue weighted by Crippen LogP contribution is 2.43. The number of nitro groups is 2. The number of nitriles is 1. The summed E-state index contributed by atoms with van der Waals surface area (Å²) in [6.45, 7) is 1.83. The van der Waals surface area contributed by atoms with E-state index in [0.717, 1.165) is 18.2 Å². The van der Waals surface area contributed by atoms with Crippen molar-refractivity contribution in [1.82, 2.24) is 0 Å². The number of amides is 1. The Morgan fingerprint density at radius 1 is 1.05 bits per heavy atom. The number of non-ortho nitro benzene ring substituents is 1. The third-order valence-electron chi connectivity index (χ3n) is 4.69. The summed E-state index contributed by atoms with van der Waals surface area (Å²) in [4.78, 5) is 33.5. The van der Waals surface area contributed by atoms with Crippen LogP contribution >= 0.6 is 23.2 Å². The zero-order chi connectivity index (χ0) is 27.1. The zero-order valence-electron chi connectivity index (χ0n) is 18.9. The lowest BCUT2D eigenvalue weighted by atomic mass is 10.1. The summed E-state index contributed by atoms with van der Waals surface area (Å²) in [5.41, 5.74) is -0.797. The van der Waals surface area contributed by atoms with Gasteiger partial charge < -0.3 is 14.8 Å². The molecule has 0 unspecified atom stereocenters. The van der Waals surface area contributed by atoms with Crippen LogP contribution in [0.5, 0.6) is 17.2 Å². The van der Waals surface area contributed by atoms with E-state index in [1.54, 1.807) is 31.2 Å². The Hall–Kier alpha value is -4.66. The van der Waals surface area contributed by atoms with E-state index in [0.29, 0.717) is 11.3 Å². The van der Waals surface area contributed by atoms with Crippen LogP contribution in [0.3, 0.4) is 0 Å². The van der Waals surface area contributed by atoms with Gasteiger partial charge in [0.25, 0.3) is 11.6 Å². The number of hydrogen-bond donors (Lipinski definition) is 1. The molecule has 1 amide bonds. The molecule has 0 saturated heterocycles. The molecule has 0 atom stereocenters. The summed E-state index contributed by atoms with van der Waals surface area (Å²) < 4.78 is 11.2. The molecule has 0 radical (unpaired) electrons. The van der Waals surface area contributed by atoms with Crippen molar-refractivity contribution in [3.05, 3.63) is 96.0 Å². The first-order valence-corrected chi connectivity index (χ1v) is 11.1. The lowest BCUT2D eigenvalue weighted by Gasteiger charge is -2.14. The van der Waals surface area contributed by atoms with Gasteiger partial charge in [-0.1, -0.05) is 35.3 Å². The first-order valence-electron chi connectivity index (χ1n) is 10.4. The van der Waals surface area contributed by atoms with E-state index in [2.05, 4.69) is 5.32 Å². The number of halogens is 2. The van der Waals surface area contributed by atoms with Crippen LogP contribution in [0.25, 0.3) is 6.08 Å². The Balaban J connectivity index is 1.99.